The molecule has 0 bridgehead atoms. The summed E-state index contributed by atoms with van der Waals surface area (Å²) in [4.78, 5) is 0. The molecule has 1 aliphatic rings. The van der Waals surface area contributed by atoms with Gasteiger partial charge in [0.15, 0.2) is 0 Å². The minimum atomic E-state index is -3.64. The Morgan fingerprint density at radius 2 is 0.786 bits per heavy atom. The predicted molar refractivity (Wildman–Crippen MR) is 184 cm³/mol. The van der Waals surface area contributed by atoms with E-state index in [-0.39, 0.29) is 8.73 Å². The van der Waals surface area contributed by atoms with Gasteiger partial charge in [-0.1, -0.05) is 0 Å². The second-order valence-corrected chi connectivity index (χ2v) is 18.8. The molecule has 0 spiro atoms. The van der Waals surface area contributed by atoms with Gasteiger partial charge in [0.1, 0.15) is 0 Å². The van der Waals surface area contributed by atoms with Gasteiger partial charge in [-0.25, -0.2) is 0 Å². The van der Waals surface area contributed by atoms with Gasteiger partial charge in [0.05, 0.1) is 0 Å². The zero-order valence-corrected chi connectivity index (χ0v) is 25.8. The first-order chi connectivity index (χ1) is 20.8. The van der Waals surface area contributed by atoms with Gasteiger partial charge in [0.25, 0.3) is 0 Å². The molecule has 0 radical (unpaired) electrons. The Labute approximate surface area is 249 Å². The topological polar surface area (TPSA) is 27.9 Å². The Morgan fingerprint density at radius 3 is 1.17 bits per heavy atom. The van der Waals surface area contributed by atoms with Crippen molar-refractivity contribution >= 4 is 54.7 Å². The van der Waals surface area contributed by atoms with E-state index in [0.717, 1.165) is 0 Å². The van der Waals surface area contributed by atoms with Crippen LogP contribution < -0.4 is 31.8 Å². The summed E-state index contributed by atoms with van der Waals surface area (Å²) in [6.07, 6.45) is 0. The summed E-state index contributed by atoms with van der Waals surface area (Å²) in [7, 11) is -2.46. The second-order valence-electron chi connectivity index (χ2n) is 10.2. The van der Waals surface area contributed by atoms with E-state index in [4.69, 9.17) is 9.14 Å². The van der Waals surface area contributed by atoms with E-state index in [2.05, 4.69) is 187 Å². The maximum absolute atomic E-state index is 7.54. The van der Waals surface area contributed by atoms with Gasteiger partial charge < -0.3 is 0 Å². The molecule has 6 aromatic rings. The van der Waals surface area contributed by atoms with Gasteiger partial charge in [0.2, 0.25) is 0 Å². The van der Waals surface area contributed by atoms with Crippen molar-refractivity contribution in [1.82, 2.24) is 4.60 Å². The Bertz CT molecular complexity index is 1690. The monoisotopic (exact) mass is 600 g/mol. The van der Waals surface area contributed by atoms with Crippen LogP contribution in [-0.2, 0) is 4.62 Å². The Kier molecular flexibility index (Phi) is 7.25. The summed E-state index contributed by atoms with van der Waals surface area (Å²) in [5.41, 5.74) is 0. The van der Waals surface area contributed by atoms with Crippen molar-refractivity contribution in [2.75, 3.05) is 0 Å². The molecule has 1 heterocycles. The fourth-order valence-electron chi connectivity index (χ4n) is 5.84. The fourth-order valence-corrected chi connectivity index (χ4v) is 19.6. The molecule has 7 rings (SSSR count). The molecule has 2 atom stereocenters. The van der Waals surface area contributed by atoms with Gasteiger partial charge in [-0.2, -0.15) is 0 Å². The van der Waals surface area contributed by atoms with Crippen molar-refractivity contribution in [3.63, 3.8) is 0 Å². The molecule has 0 amide bonds. The summed E-state index contributed by atoms with van der Waals surface area (Å²) in [5, 5.41) is 7.08. The van der Waals surface area contributed by atoms with Crippen molar-refractivity contribution in [1.29, 1.82) is 0 Å². The minimum absolute atomic E-state index is 0.249. The zero-order chi connectivity index (χ0) is 28.3. The van der Waals surface area contributed by atoms with Gasteiger partial charge in [-0.15, -0.1) is 0 Å². The van der Waals surface area contributed by atoms with Gasteiger partial charge in [0, 0.05) is 0 Å². The number of nitrogens with zero attached hydrogens (tertiary/aromatic N) is 2. The van der Waals surface area contributed by atoms with Crippen LogP contribution in [0.3, 0.4) is 0 Å². The molecule has 2 unspecified atom stereocenters. The molecule has 206 valence electrons. The first-order valence-corrected chi connectivity index (χ1v) is 18.8. The molecule has 42 heavy (non-hydrogen) atoms. The fraction of sp³-hybridized carbons (Fsp3) is 0. The van der Waals surface area contributed by atoms with Crippen LogP contribution in [0.4, 0.5) is 0 Å². The predicted octanol–water partition coefficient (Wildman–Crippen LogP) is 7.28. The van der Waals surface area contributed by atoms with E-state index in [1.807, 2.05) is 0 Å². The van der Waals surface area contributed by atoms with Gasteiger partial charge in [-0.05, 0) is 0 Å². The number of hydrogen-bond acceptors (Lipinski definition) is 2. The Hall–Kier alpha value is -3.67. The normalized spacial score (nSPS) is 18.1. The Balaban J connectivity index is 1.63. The average molecular weight is 601 g/mol. The van der Waals surface area contributed by atoms with E-state index < -0.39 is 14.2 Å². The molecule has 0 aromatic heterocycles. The van der Waals surface area contributed by atoms with Crippen LogP contribution in [0.15, 0.2) is 187 Å². The first-order valence-electron chi connectivity index (χ1n) is 14.0. The zero-order valence-electron chi connectivity index (χ0n) is 23.0. The molecule has 1 saturated heterocycles. The van der Waals surface area contributed by atoms with Crippen molar-refractivity contribution in [3.05, 3.63) is 182 Å². The van der Waals surface area contributed by atoms with E-state index in [1.54, 1.807) is 0 Å². The molecule has 6 aromatic carbocycles. The van der Waals surface area contributed by atoms with Crippen LogP contribution in [0.25, 0.3) is 0 Å². The van der Waals surface area contributed by atoms with Gasteiger partial charge in [-0.3, -0.25) is 0 Å². The summed E-state index contributed by atoms with van der Waals surface area (Å²) in [6, 6.07) is 64.6. The molecule has 0 N–H and O–H groups in total. The SMILES string of the molecule is c1ccc(PN=P(c2ccccc2)(c2ccccc2)N2OP2(c2ccccc2)(c2ccccc2)c2ccccc2)cc1. The number of benzene rings is 6. The van der Waals surface area contributed by atoms with Crippen molar-refractivity contribution < 1.29 is 4.62 Å². The van der Waals surface area contributed by atoms with E-state index in [9.17, 15) is 0 Å². The van der Waals surface area contributed by atoms with Crippen LogP contribution in [0, 0.1) is 0 Å². The molecule has 1 fully saturated rings. The van der Waals surface area contributed by atoms with Crippen LogP contribution in [0.2, 0.25) is 0 Å². The van der Waals surface area contributed by atoms with Gasteiger partial charge >= 0.3 is 250 Å². The molecule has 6 heteroatoms. The third kappa shape index (κ3) is 4.17. The summed E-state index contributed by atoms with van der Waals surface area (Å²) in [5.74, 6) is 0. The second kappa shape index (κ2) is 11.2. The molecule has 0 saturated carbocycles. The number of rotatable bonds is 8. The van der Waals surface area contributed by atoms with Crippen LogP contribution in [0.1, 0.15) is 0 Å². The standard InChI is InChI=1S/C36H31N2OP3/c1-7-19-31(20-8-1)40-37-41(32-21-9-2-10-22-32,33-23-11-3-12-24-33)38-39-42(38,34-25-13-4-14-26-34,35-27-15-5-16-28-35)36-29-17-6-18-30-36/h1-30,40H. The van der Waals surface area contributed by atoms with E-state index >= 15 is 0 Å². The van der Waals surface area contributed by atoms with E-state index in [1.165, 1.54) is 31.8 Å². The molecule has 3 nitrogen and oxygen atoms in total. The third-order valence-corrected chi connectivity index (χ3v) is 19.4. The number of hydrogen-bond donors (Lipinski definition) is 0. The Morgan fingerprint density at radius 1 is 0.452 bits per heavy atom. The molecule has 0 aliphatic carbocycles. The third-order valence-electron chi connectivity index (χ3n) is 7.82. The molecular formula is C36H31N2OP3. The quantitative estimate of drug-likeness (QED) is 0.136. The average Bonchev–Trinajstić information content (AvgIpc) is 3.81. The van der Waals surface area contributed by atoms with Crippen LogP contribution in [0.5, 0.6) is 0 Å². The van der Waals surface area contributed by atoms with Crippen molar-refractivity contribution in [3.8, 4) is 0 Å². The molecular weight excluding hydrogens is 569 g/mol. The summed E-state index contributed by atoms with van der Waals surface area (Å²) < 4.78 is 15.7. The summed E-state index contributed by atoms with van der Waals surface area (Å²) in [6.45, 7) is -3.64. The van der Waals surface area contributed by atoms with Crippen molar-refractivity contribution in [2.24, 2.45) is 4.52 Å². The van der Waals surface area contributed by atoms with E-state index in [0.29, 0.717) is 0 Å². The molecule has 1 aliphatic heterocycles. The first kappa shape index (κ1) is 27.2. The van der Waals surface area contributed by atoms with Crippen molar-refractivity contribution in [2.45, 2.75) is 0 Å². The van der Waals surface area contributed by atoms with Crippen LogP contribution >= 0.6 is 22.9 Å². The van der Waals surface area contributed by atoms with Crippen LogP contribution in [-0.4, -0.2) is 4.60 Å². The maximum atomic E-state index is 7.54. The summed E-state index contributed by atoms with van der Waals surface area (Å²) >= 11 is 0.